The number of aryl methyl sites for hydroxylation is 1. The number of hydrogen-bond donors (Lipinski definition) is 1. The summed E-state index contributed by atoms with van der Waals surface area (Å²) in [6, 6.07) is 5.70. The standard InChI is InChI=1S/C17H26N2O2/c1-13-4-5-15(12-16(13)21-3)17(20)19-10-7-14(8-11-19)6-9-18-2/h4-5,12,14,18H,6-11H2,1-3H3. The Morgan fingerprint density at radius 3 is 2.71 bits per heavy atom. The molecule has 0 aromatic heterocycles. The fraction of sp³-hybridized carbons (Fsp3) is 0.588. The van der Waals surface area contributed by atoms with Gasteiger partial charge in [-0.15, -0.1) is 0 Å². The Kier molecular flexibility index (Phi) is 5.62. The number of amides is 1. The van der Waals surface area contributed by atoms with E-state index in [0.29, 0.717) is 0 Å². The number of methoxy groups -OCH3 is 1. The van der Waals surface area contributed by atoms with Crippen molar-refractivity contribution in [1.82, 2.24) is 10.2 Å². The maximum absolute atomic E-state index is 12.6. The Morgan fingerprint density at radius 1 is 1.38 bits per heavy atom. The second-order valence-electron chi connectivity index (χ2n) is 5.81. The lowest BCUT2D eigenvalue weighted by Gasteiger charge is -2.32. The highest BCUT2D eigenvalue weighted by molar-refractivity contribution is 5.94. The van der Waals surface area contributed by atoms with E-state index in [-0.39, 0.29) is 5.91 Å². The predicted octanol–water partition coefficient (Wildman–Crippen LogP) is 2.47. The molecular weight excluding hydrogens is 264 g/mol. The van der Waals surface area contributed by atoms with Gasteiger partial charge in [-0.2, -0.15) is 0 Å². The minimum absolute atomic E-state index is 0.125. The molecule has 1 aliphatic heterocycles. The van der Waals surface area contributed by atoms with E-state index in [0.717, 1.165) is 55.3 Å². The first-order valence-electron chi connectivity index (χ1n) is 7.74. The lowest BCUT2D eigenvalue weighted by atomic mass is 9.93. The number of ether oxygens (including phenoxy) is 1. The van der Waals surface area contributed by atoms with Gasteiger partial charge in [0, 0.05) is 18.7 Å². The molecule has 1 heterocycles. The topological polar surface area (TPSA) is 41.6 Å². The molecule has 21 heavy (non-hydrogen) atoms. The van der Waals surface area contributed by atoms with Gasteiger partial charge >= 0.3 is 0 Å². The predicted molar refractivity (Wildman–Crippen MR) is 84.9 cm³/mol. The maximum Gasteiger partial charge on any atom is 0.253 e. The highest BCUT2D eigenvalue weighted by Gasteiger charge is 2.23. The van der Waals surface area contributed by atoms with Crippen LogP contribution in [0.1, 0.15) is 35.2 Å². The van der Waals surface area contributed by atoms with E-state index >= 15 is 0 Å². The van der Waals surface area contributed by atoms with E-state index in [1.54, 1.807) is 7.11 Å². The zero-order valence-corrected chi connectivity index (χ0v) is 13.3. The Bertz CT molecular complexity index is 480. The van der Waals surface area contributed by atoms with Crippen molar-refractivity contribution in [3.05, 3.63) is 29.3 Å². The second-order valence-corrected chi connectivity index (χ2v) is 5.81. The number of rotatable bonds is 5. The summed E-state index contributed by atoms with van der Waals surface area (Å²) >= 11 is 0. The molecule has 1 aromatic rings. The normalized spacial score (nSPS) is 16.0. The van der Waals surface area contributed by atoms with Gasteiger partial charge in [0.05, 0.1) is 7.11 Å². The number of hydrogen-bond acceptors (Lipinski definition) is 3. The quantitative estimate of drug-likeness (QED) is 0.906. The summed E-state index contributed by atoms with van der Waals surface area (Å²) in [5.41, 5.74) is 1.78. The van der Waals surface area contributed by atoms with Gasteiger partial charge in [-0.05, 0) is 63.4 Å². The maximum atomic E-state index is 12.6. The van der Waals surface area contributed by atoms with Crippen molar-refractivity contribution in [3.8, 4) is 5.75 Å². The average molecular weight is 290 g/mol. The zero-order chi connectivity index (χ0) is 15.2. The highest BCUT2D eigenvalue weighted by Crippen LogP contribution is 2.24. The molecule has 0 radical (unpaired) electrons. The van der Waals surface area contributed by atoms with E-state index in [4.69, 9.17) is 4.74 Å². The van der Waals surface area contributed by atoms with Crippen molar-refractivity contribution in [3.63, 3.8) is 0 Å². The van der Waals surface area contributed by atoms with Crippen molar-refractivity contribution < 1.29 is 9.53 Å². The lowest BCUT2D eigenvalue weighted by molar-refractivity contribution is 0.0687. The summed E-state index contributed by atoms with van der Waals surface area (Å²) in [6.07, 6.45) is 3.42. The molecule has 1 saturated heterocycles. The van der Waals surface area contributed by atoms with Crippen LogP contribution >= 0.6 is 0 Å². The van der Waals surface area contributed by atoms with Gasteiger partial charge in [0.25, 0.3) is 5.91 Å². The van der Waals surface area contributed by atoms with Crippen LogP contribution in [0.5, 0.6) is 5.75 Å². The molecule has 0 saturated carbocycles. The zero-order valence-electron chi connectivity index (χ0n) is 13.3. The molecule has 1 aromatic carbocycles. The third kappa shape index (κ3) is 3.97. The number of benzene rings is 1. The van der Waals surface area contributed by atoms with Gasteiger partial charge in [0.1, 0.15) is 5.75 Å². The van der Waals surface area contributed by atoms with E-state index < -0.39 is 0 Å². The summed E-state index contributed by atoms with van der Waals surface area (Å²) in [5, 5.41) is 3.20. The fourth-order valence-electron chi connectivity index (χ4n) is 2.91. The Balaban J connectivity index is 1.95. The van der Waals surface area contributed by atoms with Crippen LogP contribution in [-0.2, 0) is 0 Å². The van der Waals surface area contributed by atoms with Gasteiger partial charge in [-0.25, -0.2) is 0 Å². The summed E-state index contributed by atoms with van der Waals surface area (Å²) in [4.78, 5) is 14.5. The van der Waals surface area contributed by atoms with Crippen LogP contribution in [0, 0.1) is 12.8 Å². The molecule has 0 bridgehead atoms. The SMILES string of the molecule is CNCCC1CCN(C(=O)c2ccc(C)c(OC)c2)CC1. The highest BCUT2D eigenvalue weighted by atomic mass is 16.5. The number of piperidine rings is 1. The number of nitrogens with zero attached hydrogens (tertiary/aromatic N) is 1. The Labute approximate surface area is 127 Å². The van der Waals surface area contributed by atoms with E-state index in [9.17, 15) is 4.79 Å². The first kappa shape index (κ1) is 15.8. The molecule has 1 amide bonds. The van der Waals surface area contributed by atoms with Crippen molar-refractivity contribution >= 4 is 5.91 Å². The molecule has 4 nitrogen and oxygen atoms in total. The smallest absolute Gasteiger partial charge is 0.253 e. The molecule has 4 heteroatoms. The third-order valence-corrected chi connectivity index (χ3v) is 4.36. The molecule has 0 spiro atoms. The molecule has 0 unspecified atom stereocenters. The van der Waals surface area contributed by atoms with Crippen LogP contribution in [0.15, 0.2) is 18.2 Å². The summed E-state index contributed by atoms with van der Waals surface area (Å²) in [7, 11) is 3.63. The van der Waals surface area contributed by atoms with E-state index in [2.05, 4.69) is 5.32 Å². The third-order valence-electron chi connectivity index (χ3n) is 4.36. The molecule has 1 fully saturated rings. The molecule has 1 N–H and O–H groups in total. The van der Waals surface area contributed by atoms with Crippen LogP contribution in [0.4, 0.5) is 0 Å². The van der Waals surface area contributed by atoms with Gasteiger partial charge < -0.3 is 15.0 Å². The van der Waals surface area contributed by atoms with Crippen LogP contribution in [-0.4, -0.2) is 44.6 Å². The van der Waals surface area contributed by atoms with Gasteiger partial charge in [0.2, 0.25) is 0 Å². The first-order chi connectivity index (χ1) is 10.2. The largest absolute Gasteiger partial charge is 0.496 e. The Hall–Kier alpha value is -1.55. The minimum atomic E-state index is 0.125. The average Bonchev–Trinajstić information content (AvgIpc) is 2.53. The molecule has 0 atom stereocenters. The van der Waals surface area contributed by atoms with Crippen LogP contribution in [0.3, 0.4) is 0 Å². The van der Waals surface area contributed by atoms with Crippen LogP contribution < -0.4 is 10.1 Å². The fourth-order valence-corrected chi connectivity index (χ4v) is 2.91. The summed E-state index contributed by atoms with van der Waals surface area (Å²) < 4.78 is 5.31. The van der Waals surface area contributed by atoms with Gasteiger partial charge in [0.15, 0.2) is 0 Å². The molecule has 116 valence electrons. The van der Waals surface area contributed by atoms with Crippen molar-refractivity contribution in [2.24, 2.45) is 5.92 Å². The molecular formula is C17H26N2O2. The number of nitrogens with one attached hydrogen (secondary N) is 1. The first-order valence-corrected chi connectivity index (χ1v) is 7.74. The number of likely N-dealkylation sites (tertiary alicyclic amines) is 1. The minimum Gasteiger partial charge on any atom is -0.496 e. The molecule has 1 aliphatic rings. The van der Waals surface area contributed by atoms with Crippen LogP contribution in [0.25, 0.3) is 0 Å². The second kappa shape index (κ2) is 7.46. The summed E-state index contributed by atoms with van der Waals surface area (Å²) in [6.45, 7) is 4.78. The van der Waals surface area contributed by atoms with Crippen molar-refractivity contribution in [2.45, 2.75) is 26.2 Å². The Morgan fingerprint density at radius 2 is 2.10 bits per heavy atom. The van der Waals surface area contributed by atoms with Crippen molar-refractivity contribution in [1.29, 1.82) is 0 Å². The summed E-state index contributed by atoms with van der Waals surface area (Å²) in [5.74, 6) is 1.65. The number of carbonyl (C=O) groups excluding carboxylic acids is 1. The number of carbonyl (C=O) groups is 1. The van der Waals surface area contributed by atoms with Gasteiger partial charge in [-0.3, -0.25) is 4.79 Å². The van der Waals surface area contributed by atoms with Crippen molar-refractivity contribution in [2.75, 3.05) is 33.8 Å². The van der Waals surface area contributed by atoms with Crippen LogP contribution in [0.2, 0.25) is 0 Å². The molecule has 0 aliphatic carbocycles. The van der Waals surface area contributed by atoms with E-state index in [1.165, 1.54) is 6.42 Å². The molecule has 2 rings (SSSR count). The van der Waals surface area contributed by atoms with Gasteiger partial charge in [-0.1, -0.05) is 6.07 Å². The monoisotopic (exact) mass is 290 g/mol. The van der Waals surface area contributed by atoms with E-state index in [1.807, 2.05) is 37.1 Å². The lowest BCUT2D eigenvalue weighted by Crippen LogP contribution is -2.39.